The van der Waals surface area contributed by atoms with Crippen molar-refractivity contribution in [3.63, 3.8) is 0 Å². The van der Waals surface area contributed by atoms with E-state index in [-0.39, 0.29) is 6.29 Å². The van der Waals surface area contributed by atoms with Crippen LogP contribution in [0, 0.1) is 11.8 Å². The van der Waals surface area contributed by atoms with Crippen molar-refractivity contribution in [2.75, 3.05) is 13.2 Å². The first kappa shape index (κ1) is 17.2. The lowest BCUT2D eigenvalue weighted by molar-refractivity contribution is -0.108. The standard InChI is InChI=1S/C16H28O2/c1-5-9-10-11-12-14-15(13-6-2)16(17-7-3)18-8-4/h13,16H,5-11H2,1-4H3/b15-13+. The van der Waals surface area contributed by atoms with Crippen LogP contribution >= 0.6 is 0 Å². The van der Waals surface area contributed by atoms with Gasteiger partial charge in [0.25, 0.3) is 0 Å². The molecule has 0 N–H and O–H groups in total. The summed E-state index contributed by atoms with van der Waals surface area (Å²) in [4.78, 5) is 0. The summed E-state index contributed by atoms with van der Waals surface area (Å²) in [6.45, 7) is 9.55. The Labute approximate surface area is 113 Å². The van der Waals surface area contributed by atoms with Crippen LogP contribution < -0.4 is 0 Å². The first-order valence-electron chi connectivity index (χ1n) is 7.22. The highest BCUT2D eigenvalue weighted by Gasteiger charge is 2.11. The number of hydrogen-bond acceptors (Lipinski definition) is 2. The molecule has 0 atom stereocenters. The minimum absolute atomic E-state index is 0.293. The van der Waals surface area contributed by atoms with Crippen LogP contribution in [0.15, 0.2) is 11.6 Å². The summed E-state index contributed by atoms with van der Waals surface area (Å²) in [7, 11) is 0. The van der Waals surface area contributed by atoms with Crippen LogP contribution in [-0.4, -0.2) is 19.5 Å². The zero-order valence-corrected chi connectivity index (χ0v) is 12.4. The van der Waals surface area contributed by atoms with Crippen LogP contribution in [0.3, 0.4) is 0 Å². The summed E-state index contributed by atoms with van der Waals surface area (Å²) in [6.07, 6.45) is 7.38. The van der Waals surface area contributed by atoms with Gasteiger partial charge in [0, 0.05) is 19.6 Å². The second kappa shape index (κ2) is 12.7. The van der Waals surface area contributed by atoms with Crippen molar-refractivity contribution in [3.05, 3.63) is 11.6 Å². The van der Waals surface area contributed by atoms with E-state index in [4.69, 9.17) is 9.47 Å². The lowest BCUT2D eigenvalue weighted by Crippen LogP contribution is -2.19. The van der Waals surface area contributed by atoms with Crippen LogP contribution in [0.5, 0.6) is 0 Å². The number of allylic oxidation sites excluding steroid dienone is 1. The first-order chi connectivity index (χ1) is 8.79. The van der Waals surface area contributed by atoms with Crippen LogP contribution in [0.25, 0.3) is 0 Å². The average molecular weight is 252 g/mol. The third-order valence-electron chi connectivity index (χ3n) is 2.45. The lowest BCUT2D eigenvalue weighted by Gasteiger charge is -2.16. The molecule has 2 nitrogen and oxygen atoms in total. The third-order valence-corrected chi connectivity index (χ3v) is 2.45. The first-order valence-corrected chi connectivity index (χ1v) is 7.22. The maximum absolute atomic E-state index is 5.58. The van der Waals surface area contributed by atoms with Gasteiger partial charge in [-0.2, -0.15) is 0 Å². The summed E-state index contributed by atoms with van der Waals surface area (Å²) in [5, 5.41) is 0. The number of unbranched alkanes of at least 4 members (excludes halogenated alkanes) is 3. The molecule has 0 aromatic heterocycles. The summed E-state index contributed by atoms with van der Waals surface area (Å²) in [5.74, 6) is 6.43. The molecule has 104 valence electrons. The smallest absolute Gasteiger partial charge is 0.191 e. The van der Waals surface area contributed by atoms with E-state index in [0.29, 0.717) is 13.2 Å². The molecule has 0 unspecified atom stereocenters. The van der Waals surface area contributed by atoms with Gasteiger partial charge >= 0.3 is 0 Å². The van der Waals surface area contributed by atoms with Crippen molar-refractivity contribution in [3.8, 4) is 11.8 Å². The molecule has 0 spiro atoms. The maximum Gasteiger partial charge on any atom is 0.191 e. The van der Waals surface area contributed by atoms with E-state index in [1.807, 2.05) is 13.8 Å². The fraction of sp³-hybridized carbons (Fsp3) is 0.750. The molecule has 0 radical (unpaired) electrons. The van der Waals surface area contributed by atoms with E-state index >= 15 is 0 Å². The molecule has 0 amide bonds. The molecule has 0 saturated heterocycles. The molecular formula is C16H28O2. The Morgan fingerprint density at radius 1 is 1.06 bits per heavy atom. The molecule has 0 aliphatic heterocycles. The third kappa shape index (κ3) is 8.33. The summed E-state index contributed by atoms with van der Waals surface area (Å²) < 4.78 is 11.2. The van der Waals surface area contributed by atoms with Gasteiger partial charge in [-0.25, -0.2) is 0 Å². The van der Waals surface area contributed by atoms with Crippen LogP contribution in [0.4, 0.5) is 0 Å². The van der Waals surface area contributed by atoms with Gasteiger partial charge < -0.3 is 9.47 Å². The van der Waals surface area contributed by atoms with Crippen molar-refractivity contribution in [2.24, 2.45) is 0 Å². The van der Waals surface area contributed by atoms with Gasteiger partial charge in [-0.15, -0.1) is 0 Å². The Morgan fingerprint density at radius 2 is 1.72 bits per heavy atom. The molecule has 2 heteroatoms. The van der Waals surface area contributed by atoms with Crippen LogP contribution in [0.2, 0.25) is 0 Å². The number of ether oxygens (including phenoxy) is 2. The van der Waals surface area contributed by atoms with E-state index in [9.17, 15) is 0 Å². The van der Waals surface area contributed by atoms with Crippen molar-refractivity contribution in [2.45, 2.75) is 66.1 Å². The van der Waals surface area contributed by atoms with Crippen LogP contribution in [-0.2, 0) is 9.47 Å². The quantitative estimate of drug-likeness (QED) is 0.346. The average Bonchev–Trinajstić information content (AvgIpc) is 2.37. The minimum atomic E-state index is -0.293. The van der Waals surface area contributed by atoms with Crippen molar-refractivity contribution in [1.82, 2.24) is 0 Å². The van der Waals surface area contributed by atoms with E-state index in [1.165, 1.54) is 19.3 Å². The normalized spacial score (nSPS) is 11.5. The Morgan fingerprint density at radius 3 is 2.22 bits per heavy atom. The molecule has 0 aromatic carbocycles. The van der Waals surface area contributed by atoms with E-state index in [0.717, 1.165) is 18.4 Å². The minimum Gasteiger partial charge on any atom is -0.348 e. The molecular weight excluding hydrogens is 224 g/mol. The summed E-state index contributed by atoms with van der Waals surface area (Å²) in [6, 6.07) is 0. The molecule has 0 heterocycles. The maximum atomic E-state index is 5.58. The lowest BCUT2D eigenvalue weighted by atomic mass is 10.1. The Hall–Kier alpha value is -0.780. The number of hydrogen-bond donors (Lipinski definition) is 0. The van der Waals surface area contributed by atoms with Crippen molar-refractivity contribution < 1.29 is 9.47 Å². The molecule has 0 aliphatic carbocycles. The highest BCUT2D eigenvalue weighted by molar-refractivity contribution is 5.30. The van der Waals surface area contributed by atoms with E-state index in [1.54, 1.807) is 0 Å². The second-order valence-electron chi connectivity index (χ2n) is 4.07. The highest BCUT2D eigenvalue weighted by Crippen LogP contribution is 2.10. The van der Waals surface area contributed by atoms with Gasteiger partial charge in [0.05, 0.1) is 5.57 Å². The Bertz CT molecular complexity index is 265. The topological polar surface area (TPSA) is 18.5 Å². The summed E-state index contributed by atoms with van der Waals surface area (Å²) >= 11 is 0. The molecule has 0 saturated carbocycles. The predicted octanol–water partition coefficient (Wildman–Crippen LogP) is 4.31. The second-order valence-corrected chi connectivity index (χ2v) is 4.07. The van der Waals surface area contributed by atoms with Gasteiger partial charge in [-0.1, -0.05) is 44.6 Å². The SMILES string of the molecule is CC/C=C(\C#CCCCCC)C(OCC)OCC. The predicted molar refractivity (Wildman–Crippen MR) is 77.3 cm³/mol. The van der Waals surface area contributed by atoms with Crippen molar-refractivity contribution >= 4 is 0 Å². The number of rotatable bonds is 9. The molecule has 0 aliphatic rings. The van der Waals surface area contributed by atoms with Gasteiger partial charge in [-0.05, 0) is 26.7 Å². The molecule has 0 bridgehead atoms. The largest absolute Gasteiger partial charge is 0.348 e. The van der Waals surface area contributed by atoms with Crippen molar-refractivity contribution in [1.29, 1.82) is 0 Å². The fourth-order valence-electron chi connectivity index (χ4n) is 1.58. The highest BCUT2D eigenvalue weighted by atomic mass is 16.7. The van der Waals surface area contributed by atoms with Crippen LogP contribution in [0.1, 0.15) is 59.8 Å². The zero-order valence-electron chi connectivity index (χ0n) is 12.4. The molecule has 0 fully saturated rings. The van der Waals surface area contributed by atoms with Gasteiger partial charge in [0.1, 0.15) is 0 Å². The zero-order chi connectivity index (χ0) is 13.6. The van der Waals surface area contributed by atoms with Gasteiger partial charge in [0.15, 0.2) is 6.29 Å². The fourth-order valence-corrected chi connectivity index (χ4v) is 1.58. The molecule has 18 heavy (non-hydrogen) atoms. The van der Waals surface area contributed by atoms with E-state index in [2.05, 4.69) is 31.8 Å². The Balaban J connectivity index is 4.46. The van der Waals surface area contributed by atoms with Gasteiger partial charge in [0.2, 0.25) is 0 Å². The summed E-state index contributed by atoms with van der Waals surface area (Å²) in [5.41, 5.74) is 0.970. The molecule has 0 aromatic rings. The Kier molecular flexibility index (Phi) is 12.1. The van der Waals surface area contributed by atoms with E-state index < -0.39 is 0 Å². The van der Waals surface area contributed by atoms with Gasteiger partial charge in [-0.3, -0.25) is 0 Å². The monoisotopic (exact) mass is 252 g/mol. The molecule has 0 rings (SSSR count).